The molecule has 172 valence electrons. The average Bonchev–Trinajstić information content (AvgIpc) is 3.27. The van der Waals surface area contributed by atoms with Crippen molar-refractivity contribution in [1.29, 1.82) is 0 Å². The van der Waals surface area contributed by atoms with Crippen LogP contribution in [-0.2, 0) is 14.9 Å². The van der Waals surface area contributed by atoms with Gasteiger partial charge in [0.05, 0.1) is 18.8 Å². The van der Waals surface area contributed by atoms with Gasteiger partial charge in [0, 0.05) is 31.7 Å². The summed E-state index contributed by atoms with van der Waals surface area (Å²) in [6.07, 6.45) is 1.59. The van der Waals surface area contributed by atoms with E-state index in [0.717, 1.165) is 12.1 Å². The minimum atomic E-state index is -0.131. The number of hydrogen-bond acceptors (Lipinski definition) is 7. The summed E-state index contributed by atoms with van der Waals surface area (Å²) >= 11 is 0. The Kier molecular flexibility index (Phi) is 6.64. The Labute approximate surface area is 189 Å². The molecular formula is C24H33N5O3. The number of amides is 1. The SMILES string of the molecule is CC(C)(C)c1ccc(OCC(=O)N2CCOC(C3NNCC3c3ccnc(N)c3)C2)cc1. The highest BCUT2D eigenvalue weighted by Crippen LogP contribution is 2.28. The van der Waals surface area contributed by atoms with Crippen molar-refractivity contribution in [3.05, 3.63) is 53.7 Å². The van der Waals surface area contributed by atoms with E-state index in [4.69, 9.17) is 15.2 Å². The van der Waals surface area contributed by atoms with Gasteiger partial charge in [-0.25, -0.2) is 4.98 Å². The maximum absolute atomic E-state index is 12.8. The third kappa shape index (κ3) is 5.20. The molecule has 2 saturated heterocycles. The molecule has 4 N–H and O–H groups in total. The molecule has 8 nitrogen and oxygen atoms in total. The second-order valence-corrected chi connectivity index (χ2v) is 9.48. The van der Waals surface area contributed by atoms with Crippen molar-refractivity contribution in [1.82, 2.24) is 20.7 Å². The van der Waals surface area contributed by atoms with Crippen LogP contribution in [0.2, 0.25) is 0 Å². The van der Waals surface area contributed by atoms with E-state index in [1.807, 2.05) is 29.2 Å². The standard InChI is InChI=1S/C24H33N5O3/c1-24(2,3)17-4-6-18(7-5-17)32-15-22(30)29-10-11-31-20(14-29)23-19(13-27-28-23)16-8-9-26-21(25)12-16/h4-9,12,19-20,23,27-28H,10-11,13-15H2,1-3H3,(H2,25,26). The Morgan fingerprint density at radius 1 is 1.28 bits per heavy atom. The Hall–Kier alpha value is -2.68. The summed E-state index contributed by atoms with van der Waals surface area (Å²) in [7, 11) is 0. The summed E-state index contributed by atoms with van der Waals surface area (Å²) in [6.45, 7) is 8.87. The number of nitrogens with two attached hydrogens (primary N) is 1. The van der Waals surface area contributed by atoms with E-state index in [1.54, 1.807) is 6.20 Å². The molecule has 2 fully saturated rings. The van der Waals surface area contributed by atoms with Crippen molar-refractivity contribution < 1.29 is 14.3 Å². The van der Waals surface area contributed by atoms with E-state index in [2.05, 4.69) is 48.7 Å². The number of rotatable bonds is 5. The van der Waals surface area contributed by atoms with Crippen LogP contribution in [0.15, 0.2) is 42.6 Å². The lowest BCUT2D eigenvalue weighted by Crippen LogP contribution is -2.54. The lowest BCUT2D eigenvalue weighted by molar-refractivity contribution is -0.142. The number of carbonyl (C=O) groups is 1. The normalized spacial score (nSPS) is 23.8. The van der Waals surface area contributed by atoms with Gasteiger partial charge >= 0.3 is 0 Å². The zero-order valence-electron chi connectivity index (χ0n) is 19.0. The summed E-state index contributed by atoms with van der Waals surface area (Å²) in [5.41, 5.74) is 14.8. The topological polar surface area (TPSA) is 102 Å². The van der Waals surface area contributed by atoms with E-state index in [-0.39, 0.29) is 36.0 Å². The molecule has 1 aromatic carbocycles. The molecule has 3 unspecified atom stereocenters. The first-order valence-corrected chi connectivity index (χ1v) is 11.1. The maximum Gasteiger partial charge on any atom is 0.260 e. The van der Waals surface area contributed by atoms with Gasteiger partial charge in [-0.2, -0.15) is 0 Å². The molecule has 3 atom stereocenters. The minimum absolute atomic E-state index is 0.0161. The van der Waals surface area contributed by atoms with Gasteiger partial charge in [0.15, 0.2) is 6.61 Å². The van der Waals surface area contributed by atoms with Crippen molar-refractivity contribution in [2.24, 2.45) is 0 Å². The molecule has 3 heterocycles. The highest BCUT2D eigenvalue weighted by molar-refractivity contribution is 5.78. The van der Waals surface area contributed by atoms with E-state index in [0.29, 0.717) is 31.3 Å². The largest absolute Gasteiger partial charge is 0.484 e. The summed E-state index contributed by atoms with van der Waals surface area (Å²) in [5.74, 6) is 1.35. The summed E-state index contributed by atoms with van der Waals surface area (Å²) in [6, 6.07) is 11.9. The third-order valence-electron chi connectivity index (χ3n) is 6.19. The molecule has 2 aliphatic heterocycles. The number of ether oxygens (including phenoxy) is 2. The van der Waals surface area contributed by atoms with Crippen LogP contribution in [0.3, 0.4) is 0 Å². The van der Waals surface area contributed by atoms with Crippen LogP contribution in [0.1, 0.15) is 37.8 Å². The van der Waals surface area contributed by atoms with Crippen LogP contribution >= 0.6 is 0 Å². The van der Waals surface area contributed by atoms with Crippen LogP contribution in [0.25, 0.3) is 0 Å². The monoisotopic (exact) mass is 439 g/mol. The smallest absolute Gasteiger partial charge is 0.260 e. The second-order valence-electron chi connectivity index (χ2n) is 9.48. The summed E-state index contributed by atoms with van der Waals surface area (Å²) < 4.78 is 11.8. The fourth-order valence-electron chi connectivity index (χ4n) is 4.29. The van der Waals surface area contributed by atoms with Crippen molar-refractivity contribution >= 4 is 11.7 Å². The van der Waals surface area contributed by atoms with Crippen molar-refractivity contribution in [3.8, 4) is 5.75 Å². The van der Waals surface area contributed by atoms with Gasteiger partial charge in [0.1, 0.15) is 11.6 Å². The van der Waals surface area contributed by atoms with E-state index >= 15 is 0 Å². The number of morpholine rings is 1. The van der Waals surface area contributed by atoms with E-state index < -0.39 is 0 Å². The van der Waals surface area contributed by atoms with Gasteiger partial charge in [-0.05, 0) is 40.8 Å². The molecule has 4 rings (SSSR count). The molecule has 0 aliphatic carbocycles. The predicted molar refractivity (Wildman–Crippen MR) is 123 cm³/mol. The Morgan fingerprint density at radius 2 is 2.06 bits per heavy atom. The lowest BCUT2D eigenvalue weighted by atomic mass is 9.87. The Balaban J connectivity index is 1.34. The van der Waals surface area contributed by atoms with Gasteiger partial charge in [0.25, 0.3) is 5.91 Å². The average molecular weight is 440 g/mol. The Morgan fingerprint density at radius 3 is 2.78 bits per heavy atom. The molecule has 8 heteroatoms. The van der Waals surface area contributed by atoms with Crippen LogP contribution in [0.4, 0.5) is 5.82 Å². The number of hydrazine groups is 1. The van der Waals surface area contributed by atoms with Gasteiger partial charge in [-0.3, -0.25) is 15.6 Å². The predicted octanol–water partition coefficient (Wildman–Crippen LogP) is 1.83. The molecule has 0 spiro atoms. The molecule has 32 heavy (non-hydrogen) atoms. The Bertz CT molecular complexity index is 928. The fraction of sp³-hybridized carbons (Fsp3) is 0.500. The number of hydrogen-bond donors (Lipinski definition) is 3. The number of nitrogens with zero attached hydrogens (tertiary/aromatic N) is 2. The van der Waals surface area contributed by atoms with Gasteiger partial charge in [-0.1, -0.05) is 32.9 Å². The summed E-state index contributed by atoms with van der Waals surface area (Å²) in [4.78, 5) is 18.8. The third-order valence-corrected chi connectivity index (χ3v) is 6.19. The highest BCUT2D eigenvalue weighted by atomic mass is 16.5. The number of aromatic nitrogens is 1. The van der Waals surface area contributed by atoms with Gasteiger partial charge in [-0.15, -0.1) is 0 Å². The van der Waals surface area contributed by atoms with Gasteiger partial charge in [0.2, 0.25) is 0 Å². The maximum atomic E-state index is 12.8. The van der Waals surface area contributed by atoms with E-state index in [1.165, 1.54) is 5.56 Å². The minimum Gasteiger partial charge on any atom is -0.484 e. The number of carbonyl (C=O) groups excluding carboxylic acids is 1. The quantitative estimate of drug-likeness (QED) is 0.653. The van der Waals surface area contributed by atoms with Gasteiger partial charge < -0.3 is 20.1 Å². The summed E-state index contributed by atoms with van der Waals surface area (Å²) in [5, 5.41) is 0. The first-order chi connectivity index (χ1) is 15.3. The molecule has 0 radical (unpaired) electrons. The van der Waals surface area contributed by atoms with Crippen molar-refractivity contribution in [3.63, 3.8) is 0 Å². The number of pyridine rings is 1. The molecule has 2 aromatic rings. The van der Waals surface area contributed by atoms with Crippen molar-refractivity contribution in [2.45, 2.75) is 44.2 Å². The fourth-order valence-corrected chi connectivity index (χ4v) is 4.29. The zero-order valence-corrected chi connectivity index (χ0v) is 19.0. The molecular weight excluding hydrogens is 406 g/mol. The van der Waals surface area contributed by atoms with Crippen LogP contribution in [-0.4, -0.2) is 60.8 Å². The van der Waals surface area contributed by atoms with Crippen LogP contribution in [0.5, 0.6) is 5.75 Å². The molecule has 1 amide bonds. The number of benzene rings is 1. The molecule has 0 bridgehead atoms. The highest BCUT2D eigenvalue weighted by Gasteiger charge is 2.38. The first-order valence-electron chi connectivity index (χ1n) is 11.1. The lowest BCUT2D eigenvalue weighted by Gasteiger charge is -2.37. The first kappa shape index (κ1) is 22.5. The number of nitrogens with one attached hydrogen (secondary N) is 2. The van der Waals surface area contributed by atoms with Crippen molar-refractivity contribution in [2.75, 3.05) is 38.6 Å². The molecule has 0 saturated carbocycles. The van der Waals surface area contributed by atoms with Crippen LogP contribution < -0.4 is 21.3 Å². The van der Waals surface area contributed by atoms with Crippen LogP contribution in [0, 0.1) is 0 Å². The molecule has 1 aromatic heterocycles. The number of anilines is 1. The number of nitrogen functional groups attached to an aromatic ring is 1. The molecule has 2 aliphatic rings. The second kappa shape index (κ2) is 9.44. The zero-order chi connectivity index (χ0) is 22.7. The van der Waals surface area contributed by atoms with E-state index in [9.17, 15) is 4.79 Å².